The van der Waals surface area contributed by atoms with Crippen LogP contribution in [0.5, 0.6) is 0 Å². The van der Waals surface area contributed by atoms with Crippen molar-refractivity contribution >= 4 is 38.6 Å². The summed E-state index contributed by atoms with van der Waals surface area (Å²) in [5.74, 6) is 0.283. The largest absolute Gasteiger partial charge is 0.463 e. The van der Waals surface area contributed by atoms with Crippen LogP contribution in [-0.4, -0.2) is 10.9 Å². The summed E-state index contributed by atoms with van der Waals surface area (Å²) in [5, 5.41) is 3.56. The second-order valence-electron chi connectivity index (χ2n) is 4.42. The van der Waals surface area contributed by atoms with Crippen LogP contribution in [-0.2, 0) is 0 Å². The minimum absolute atomic E-state index is 0.232. The summed E-state index contributed by atoms with van der Waals surface area (Å²) in [6.07, 6.45) is 3.13. The lowest BCUT2D eigenvalue weighted by Crippen LogP contribution is -2.12. The van der Waals surface area contributed by atoms with Crippen molar-refractivity contribution in [1.82, 2.24) is 4.98 Å². The van der Waals surface area contributed by atoms with Crippen LogP contribution in [0.25, 0.3) is 11.0 Å². The summed E-state index contributed by atoms with van der Waals surface area (Å²) in [5.41, 5.74) is 2.20. The summed E-state index contributed by atoms with van der Waals surface area (Å²) >= 11 is 3.38. The predicted molar refractivity (Wildman–Crippen MR) is 80.8 cm³/mol. The van der Waals surface area contributed by atoms with Gasteiger partial charge in [0.15, 0.2) is 0 Å². The first-order valence-corrected chi connectivity index (χ1v) is 6.84. The average molecular weight is 331 g/mol. The van der Waals surface area contributed by atoms with Gasteiger partial charge in [-0.25, -0.2) is 4.98 Å². The van der Waals surface area contributed by atoms with Crippen molar-refractivity contribution in [3.63, 3.8) is 0 Å². The molecular weight excluding hydrogens is 320 g/mol. The number of carbonyl (C=O) groups excluding carboxylic acids is 1. The average Bonchev–Trinajstić information content (AvgIpc) is 2.87. The number of anilines is 1. The second kappa shape index (κ2) is 5.09. The smallest absolute Gasteiger partial charge is 0.260 e. The van der Waals surface area contributed by atoms with Crippen LogP contribution in [0.3, 0.4) is 0 Å². The van der Waals surface area contributed by atoms with Gasteiger partial charge in [-0.3, -0.25) is 4.79 Å². The lowest BCUT2D eigenvalue weighted by atomic mass is 10.1. The van der Waals surface area contributed by atoms with E-state index in [1.54, 1.807) is 6.20 Å². The number of nitrogens with one attached hydrogen (secondary N) is 1. The SMILES string of the molecule is Cc1cc(NC(=O)c2coc3ccccc23)ncc1Br. The summed E-state index contributed by atoms with van der Waals surface area (Å²) < 4.78 is 6.27. The minimum Gasteiger partial charge on any atom is -0.463 e. The number of rotatable bonds is 2. The maximum absolute atomic E-state index is 12.3. The molecule has 20 heavy (non-hydrogen) atoms. The number of aromatic nitrogens is 1. The quantitative estimate of drug-likeness (QED) is 0.767. The van der Waals surface area contributed by atoms with Gasteiger partial charge in [0.1, 0.15) is 17.7 Å². The van der Waals surface area contributed by atoms with Gasteiger partial charge < -0.3 is 9.73 Å². The Hall–Kier alpha value is -2.14. The van der Waals surface area contributed by atoms with Gasteiger partial charge in [-0.15, -0.1) is 0 Å². The molecule has 0 bridgehead atoms. The zero-order valence-corrected chi connectivity index (χ0v) is 12.3. The van der Waals surface area contributed by atoms with Crippen LogP contribution in [0, 0.1) is 6.92 Å². The van der Waals surface area contributed by atoms with Crippen molar-refractivity contribution in [3.05, 3.63) is 58.4 Å². The first kappa shape index (κ1) is 12.9. The first-order valence-electron chi connectivity index (χ1n) is 6.05. The van der Waals surface area contributed by atoms with Crippen molar-refractivity contribution in [2.75, 3.05) is 5.32 Å². The number of para-hydroxylation sites is 1. The fourth-order valence-electron chi connectivity index (χ4n) is 1.94. The molecule has 0 aliphatic carbocycles. The second-order valence-corrected chi connectivity index (χ2v) is 5.27. The van der Waals surface area contributed by atoms with Crippen LogP contribution in [0.15, 0.2) is 51.7 Å². The maximum atomic E-state index is 12.3. The van der Waals surface area contributed by atoms with E-state index in [9.17, 15) is 4.79 Å². The molecule has 0 spiro atoms. The van der Waals surface area contributed by atoms with Gasteiger partial charge in [-0.2, -0.15) is 0 Å². The van der Waals surface area contributed by atoms with E-state index in [4.69, 9.17) is 4.42 Å². The number of pyridine rings is 1. The van der Waals surface area contributed by atoms with E-state index < -0.39 is 0 Å². The number of hydrogen-bond acceptors (Lipinski definition) is 3. The van der Waals surface area contributed by atoms with Crippen molar-refractivity contribution in [2.45, 2.75) is 6.92 Å². The Balaban J connectivity index is 1.91. The fourth-order valence-corrected chi connectivity index (χ4v) is 2.16. The molecule has 0 saturated carbocycles. The van der Waals surface area contributed by atoms with E-state index in [0.29, 0.717) is 17.0 Å². The molecule has 2 heterocycles. The highest BCUT2D eigenvalue weighted by atomic mass is 79.9. The van der Waals surface area contributed by atoms with E-state index in [1.807, 2.05) is 37.3 Å². The van der Waals surface area contributed by atoms with E-state index in [2.05, 4.69) is 26.2 Å². The molecule has 0 fully saturated rings. The molecule has 2 aromatic heterocycles. The lowest BCUT2D eigenvalue weighted by molar-refractivity contribution is 0.102. The number of fused-ring (bicyclic) bond motifs is 1. The predicted octanol–water partition coefficient (Wildman–Crippen LogP) is 4.15. The Morgan fingerprint density at radius 2 is 2.15 bits per heavy atom. The van der Waals surface area contributed by atoms with E-state index in [1.165, 1.54) is 6.26 Å². The molecule has 5 heteroatoms. The molecule has 3 rings (SSSR count). The van der Waals surface area contributed by atoms with Crippen LogP contribution < -0.4 is 5.32 Å². The molecule has 0 saturated heterocycles. The third-order valence-corrected chi connectivity index (χ3v) is 3.84. The summed E-state index contributed by atoms with van der Waals surface area (Å²) in [6, 6.07) is 9.23. The highest BCUT2D eigenvalue weighted by Gasteiger charge is 2.14. The number of carbonyl (C=O) groups is 1. The molecule has 0 radical (unpaired) electrons. The standard InChI is InChI=1S/C15H11BrN2O2/c1-9-6-14(17-7-12(9)16)18-15(19)11-8-20-13-5-3-2-4-10(11)13/h2-8H,1H3,(H,17,18,19). The molecule has 100 valence electrons. The van der Waals surface area contributed by atoms with Crippen molar-refractivity contribution in [1.29, 1.82) is 0 Å². The van der Waals surface area contributed by atoms with Crippen LogP contribution in [0.2, 0.25) is 0 Å². The van der Waals surface area contributed by atoms with Crippen molar-refractivity contribution < 1.29 is 9.21 Å². The molecular formula is C15H11BrN2O2. The highest BCUT2D eigenvalue weighted by molar-refractivity contribution is 9.10. The van der Waals surface area contributed by atoms with Gasteiger partial charge >= 0.3 is 0 Å². The van der Waals surface area contributed by atoms with Crippen LogP contribution in [0.4, 0.5) is 5.82 Å². The van der Waals surface area contributed by atoms with E-state index in [-0.39, 0.29) is 5.91 Å². The number of halogens is 1. The van der Waals surface area contributed by atoms with Gasteiger partial charge in [0.25, 0.3) is 5.91 Å². The normalized spacial score (nSPS) is 10.7. The molecule has 1 N–H and O–H groups in total. The van der Waals surface area contributed by atoms with Crippen LogP contribution in [0.1, 0.15) is 15.9 Å². The van der Waals surface area contributed by atoms with Gasteiger partial charge in [0.2, 0.25) is 0 Å². The maximum Gasteiger partial charge on any atom is 0.260 e. The Kier molecular flexibility index (Phi) is 3.28. The Bertz CT molecular complexity index is 795. The third-order valence-electron chi connectivity index (χ3n) is 3.01. The molecule has 4 nitrogen and oxygen atoms in total. The molecule has 1 aromatic carbocycles. The van der Waals surface area contributed by atoms with Crippen molar-refractivity contribution in [3.8, 4) is 0 Å². The number of hydrogen-bond donors (Lipinski definition) is 1. The lowest BCUT2D eigenvalue weighted by Gasteiger charge is -2.05. The molecule has 1 amide bonds. The Labute approximate surface area is 123 Å². The van der Waals surface area contributed by atoms with Crippen LogP contribution >= 0.6 is 15.9 Å². The number of nitrogens with zero attached hydrogens (tertiary/aromatic N) is 1. The molecule has 0 aliphatic rings. The third kappa shape index (κ3) is 2.32. The molecule has 0 atom stereocenters. The number of furan rings is 1. The van der Waals surface area contributed by atoms with E-state index in [0.717, 1.165) is 15.4 Å². The number of benzene rings is 1. The summed E-state index contributed by atoms with van der Waals surface area (Å²) in [7, 11) is 0. The van der Waals surface area contributed by atoms with Gasteiger partial charge in [0.05, 0.1) is 5.56 Å². The summed E-state index contributed by atoms with van der Waals surface area (Å²) in [4.78, 5) is 16.4. The minimum atomic E-state index is -0.232. The zero-order chi connectivity index (χ0) is 14.1. The first-order chi connectivity index (χ1) is 9.65. The molecule has 3 aromatic rings. The number of aryl methyl sites for hydroxylation is 1. The van der Waals surface area contributed by atoms with E-state index >= 15 is 0 Å². The molecule has 0 unspecified atom stereocenters. The Morgan fingerprint density at radius 1 is 1.35 bits per heavy atom. The van der Waals surface area contributed by atoms with Gasteiger partial charge in [-0.1, -0.05) is 18.2 Å². The highest BCUT2D eigenvalue weighted by Crippen LogP contribution is 2.22. The monoisotopic (exact) mass is 330 g/mol. The van der Waals surface area contributed by atoms with Gasteiger partial charge in [-0.05, 0) is 40.5 Å². The Morgan fingerprint density at radius 3 is 2.95 bits per heavy atom. The van der Waals surface area contributed by atoms with Crippen molar-refractivity contribution in [2.24, 2.45) is 0 Å². The van der Waals surface area contributed by atoms with Gasteiger partial charge in [0, 0.05) is 16.1 Å². The number of amides is 1. The summed E-state index contributed by atoms with van der Waals surface area (Å²) in [6.45, 7) is 1.94. The zero-order valence-electron chi connectivity index (χ0n) is 10.7. The fraction of sp³-hybridized carbons (Fsp3) is 0.0667. The molecule has 0 aliphatic heterocycles. The topological polar surface area (TPSA) is 55.1 Å².